The molecule has 1 aromatic rings. The number of hydrogen-bond donors (Lipinski definition) is 1. The average Bonchev–Trinajstić information content (AvgIpc) is 2.89. The van der Waals surface area contributed by atoms with Crippen LogP contribution in [0.25, 0.3) is 0 Å². The first-order valence-corrected chi connectivity index (χ1v) is 8.07. The number of anilines is 1. The maximum Gasteiger partial charge on any atom is 0.194 e. The molecule has 0 aliphatic heterocycles. The summed E-state index contributed by atoms with van der Waals surface area (Å²) >= 11 is 1.66. The SMILES string of the molecule is CCCCN(C)C(=NCc1csc(N(C)C)n1)NCC.I. The number of aliphatic imine (C=N–C) groups is 1. The van der Waals surface area contributed by atoms with Gasteiger partial charge in [0, 0.05) is 39.6 Å². The number of nitrogens with one attached hydrogen (secondary N) is 1. The summed E-state index contributed by atoms with van der Waals surface area (Å²) in [7, 11) is 6.10. The molecule has 0 atom stereocenters. The molecule has 0 amide bonds. The Hall–Kier alpha value is -0.570. The second-order valence-corrected chi connectivity index (χ2v) is 5.80. The summed E-state index contributed by atoms with van der Waals surface area (Å²) in [6.45, 7) is 6.84. The molecule has 0 saturated carbocycles. The molecule has 21 heavy (non-hydrogen) atoms. The summed E-state index contributed by atoms with van der Waals surface area (Å²) in [6, 6.07) is 0. The van der Waals surface area contributed by atoms with Gasteiger partial charge in [0.1, 0.15) is 0 Å². The Morgan fingerprint density at radius 2 is 2.05 bits per heavy atom. The van der Waals surface area contributed by atoms with Crippen molar-refractivity contribution in [1.82, 2.24) is 15.2 Å². The van der Waals surface area contributed by atoms with Gasteiger partial charge >= 0.3 is 0 Å². The lowest BCUT2D eigenvalue weighted by Gasteiger charge is -2.21. The molecule has 5 nitrogen and oxygen atoms in total. The fourth-order valence-corrected chi connectivity index (χ4v) is 2.45. The Kier molecular flexibility index (Phi) is 10.8. The Labute approximate surface area is 149 Å². The third-order valence-corrected chi connectivity index (χ3v) is 3.91. The van der Waals surface area contributed by atoms with E-state index in [0.717, 1.165) is 29.9 Å². The lowest BCUT2D eigenvalue weighted by atomic mass is 10.3. The van der Waals surface area contributed by atoms with Crippen LogP contribution >= 0.6 is 35.3 Å². The van der Waals surface area contributed by atoms with Crippen LogP contribution < -0.4 is 10.2 Å². The summed E-state index contributed by atoms with van der Waals surface area (Å²) in [5, 5.41) is 6.44. The van der Waals surface area contributed by atoms with Crippen LogP contribution in [0.5, 0.6) is 0 Å². The summed E-state index contributed by atoms with van der Waals surface area (Å²) in [5.41, 5.74) is 1.03. The number of guanidine groups is 1. The van der Waals surface area contributed by atoms with Crippen molar-refractivity contribution in [3.63, 3.8) is 0 Å². The number of aromatic nitrogens is 1. The van der Waals surface area contributed by atoms with E-state index in [4.69, 9.17) is 0 Å². The van der Waals surface area contributed by atoms with Gasteiger partial charge in [-0.15, -0.1) is 35.3 Å². The molecule has 0 saturated heterocycles. The fourth-order valence-electron chi connectivity index (χ4n) is 1.70. The van der Waals surface area contributed by atoms with Crippen molar-refractivity contribution in [2.24, 2.45) is 4.99 Å². The van der Waals surface area contributed by atoms with Crippen LogP contribution in [0.3, 0.4) is 0 Å². The van der Waals surface area contributed by atoms with E-state index in [2.05, 4.69) is 46.5 Å². The second-order valence-electron chi connectivity index (χ2n) is 4.96. The van der Waals surface area contributed by atoms with E-state index in [-0.39, 0.29) is 24.0 Å². The van der Waals surface area contributed by atoms with Crippen LogP contribution in [-0.2, 0) is 6.54 Å². The number of nitrogens with zero attached hydrogens (tertiary/aromatic N) is 4. The lowest BCUT2D eigenvalue weighted by Crippen LogP contribution is -2.39. The van der Waals surface area contributed by atoms with Crippen LogP contribution in [0.15, 0.2) is 10.4 Å². The van der Waals surface area contributed by atoms with Crippen molar-refractivity contribution in [1.29, 1.82) is 0 Å². The molecule has 122 valence electrons. The maximum atomic E-state index is 4.67. The fraction of sp³-hybridized carbons (Fsp3) is 0.714. The van der Waals surface area contributed by atoms with Crippen LogP contribution in [0.2, 0.25) is 0 Å². The van der Waals surface area contributed by atoms with E-state index in [1.54, 1.807) is 11.3 Å². The van der Waals surface area contributed by atoms with Gasteiger partial charge in [-0.2, -0.15) is 0 Å². The standard InChI is InChI=1S/C14H27N5S.HI/c1-6-8-9-19(5)13(15-7-2)16-10-12-11-20-14(17-12)18(3)4;/h11H,6-10H2,1-5H3,(H,15,16);1H. The summed E-state index contributed by atoms with van der Waals surface area (Å²) in [5.74, 6) is 0.959. The third kappa shape index (κ3) is 7.30. The number of thiazole rings is 1. The molecule has 0 radical (unpaired) electrons. The highest BCUT2D eigenvalue weighted by Crippen LogP contribution is 2.18. The van der Waals surface area contributed by atoms with Crippen molar-refractivity contribution in [2.45, 2.75) is 33.2 Å². The molecule has 1 aromatic heterocycles. The van der Waals surface area contributed by atoms with E-state index in [9.17, 15) is 0 Å². The monoisotopic (exact) mass is 425 g/mol. The van der Waals surface area contributed by atoms with Crippen molar-refractivity contribution in [3.8, 4) is 0 Å². The Morgan fingerprint density at radius 1 is 1.33 bits per heavy atom. The molecule has 0 bridgehead atoms. The van der Waals surface area contributed by atoms with Crippen LogP contribution in [-0.4, -0.2) is 50.1 Å². The van der Waals surface area contributed by atoms with Crippen LogP contribution in [0, 0.1) is 0 Å². The lowest BCUT2D eigenvalue weighted by molar-refractivity contribution is 0.464. The van der Waals surface area contributed by atoms with E-state index < -0.39 is 0 Å². The Balaban J connectivity index is 0.00000400. The third-order valence-electron chi connectivity index (χ3n) is 2.86. The molecular formula is C14H28IN5S. The van der Waals surface area contributed by atoms with Crippen molar-refractivity contribution < 1.29 is 0 Å². The van der Waals surface area contributed by atoms with Gasteiger partial charge in [-0.1, -0.05) is 13.3 Å². The largest absolute Gasteiger partial charge is 0.357 e. The van der Waals surface area contributed by atoms with Gasteiger partial charge in [0.2, 0.25) is 0 Å². The zero-order chi connectivity index (χ0) is 15.0. The Morgan fingerprint density at radius 3 is 2.57 bits per heavy atom. The van der Waals surface area contributed by atoms with E-state index in [0.29, 0.717) is 6.54 Å². The highest BCUT2D eigenvalue weighted by molar-refractivity contribution is 14.0. The van der Waals surface area contributed by atoms with Gasteiger partial charge in [-0.05, 0) is 13.3 Å². The molecule has 0 spiro atoms. The minimum Gasteiger partial charge on any atom is -0.357 e. The van der Waals surface area contributed by atoms with Gasteiger partial charge in [0.15, 0.2) is 11.1 Å². The van der Waals surface area contributed by atoms with E-state index in [1.165, 1.54) is 12.8 Å². The summed E-state index contributed by atoms with van der Waals surface area (Å²) in [4.78, 5) is 13.4. The highest BCUT2D eigenvalue weighted by atomic mass is 127. The zero-order valence-corrected chi connectivity index (χ0v) is 16.9. The summed E-state index contributed by atoms with van der Waals surface area (Å²) in [6.07, 6.45) is 2.38. The predicted octanol–water partition coefficient (Wildman–Crippen LogP) is 3.02. The number of hydrogen-bond acceptors (Lipinski definition) is 4. The predicted molar refractivity (Wildman–Crippen MR) is 104 cm³/mol. The molecule has 0 aliphatic rings. The smallest absolute Gasteiger partial charge is 0.194 e. The first kappa shape index (κ1) is 20.4. The molecule has 1 rings (SSSR count). The summed E-state index contributed by atoms with van der Waals surface area (Å²) < 4.78 is 0. The molecule has 0 aliphatic carbocycles. The molecule has 0 fully saturated rings. The molecule has 1 N–H and O–H groups in total. The van der Waals surface area contributed by atoms with Crippen molar-refractivity contribution in [3.05, 3.63) is 11.1 Å². The highest BCUT2D eigenvalue weighted by Gasteiger charge is 2.06. The van der Waals surface area contributed by atoms with E-state index in [1.807, 2.05) is 19.0 Å². The minimum atomic E-state index is 0. The minimum absolute atomic E-state index is 0. The van der Waals surface area contributed by atoms with Gasteiger partial charge in [-0.25, -0.2) is 9.98 Å². The van der Waals surface area contributed by atoms with Crippen molar-refractivity contribution in [2.75, 3.05) is 39.1 Å². The number of unbranched alkanes of at least 4 members (excludes halogenated alkanes) is 1. The number of halogens is 1. The second kappa shape index (κ2) is 11.1. The first-order valence-electron chi connectivity index (χ1n) is 7.19. The topological polar surface area (TPSA) is 43.8 Å². The maximum absolute atomic E-state index is 4.67. The number of rotatable bonds is 7. The van der Waals surface area contributed by atoms with Gasteiger partial charge in [0.05, 0.1) is 12.2 Å². The normalized spacial score (nSPS) is 11.0. The molecule has 0 aromatic carbocycles. The van der Waals surface area contributed by atoms with Crippen LogP contribution in [0.1, 0.15) is 32.4 Å². The average molecular weight is 425 g/mol. The quantitative estimate of drug-likeness (QED) is 0.415. The van der Waals surface area contributed by atoms with Gasteiger partial charge < -0.3 is 15.1 Å². The first-order chi connectivity index (χ1) is 9.58. The Bertz CT molecular complexity index is 419. The zero-order valence-electron chi connectivity index (χ0n) is 13.7. The molecular weight excluding hydrogens is 397 g/mol. The molecule has 0 unspecified atom stereocenters. The van der Waals surface area contributed by atoms with E-state index >= 15 is 0 Å². The van der Waals surface area contributed by atoms with Gasteiger partial charge in [0.25, 0.3) is 0 Å². The molecule has 1 heterocycles. The van der Waals surface area contributed by atoms with Crippen molar-refractivity contribution >= 4 is 46.4 Å². The molecule has 7 heteroatoms. The van der Waals surface area contributed by atoms with Crippen LogP contribution in [0.4, 0.5) is 5.13 Å². The van der Waals surface area contributed by atoms with Gasteiger partial charge in [-0.3, -0.25) is 0 Å².